The minimum Gasteiger partial charge on any atom is -0.393 e. The quantitative estimate of drug-likeness (QED) is 0.824. The number of amides is 1. The van der Waals surface area contributed by atoms with E-state index in [1.54, 1.807) is 10.7 Å². The lowest BCUT2D eigenvalue weighted by Crippen LogP contribution is -2.30. The van der Waals surface area contributed by atoms with Gasteiger partial charge in [0.25, 0.3) is 5.91 Å². The van der Waals surface area contributed by atoms with Crippen LogP contribution in [0, 0.1) is 11.8 Å². The van der Waals surface area contributed by atoms with E-state index in [-0.39, 0.29) is 12.0 Å². The number of aliphatic hydroxyl groups excluding tert-OH is 1. The Hall–Kier alpha value is -1.82. The first-order valence-electron chi connectivity index (χ1n) is 7.09. The number of carbonyl (C=O) groups is 1. The zero-order valence-electron chi connectivity index (χ0n) is 11.4. The number of aliphatic hydroxyl groups is 1. The molecule has 1 unspecified atom stereocenters. The summed E-state index contributed by atoms with van der Waals surface area (Å²) in [7, 11) is 1.92. The normalized spacial score (nSPS) is 29.3. The molecule has 0 radical (unpaired) electrons. The molecule has 4 rings (SSSR count). The molecular formula is C14H18N4O2. The van der Waals surface area contributed by atoms with Crippen LogP contribution < -0.4 is 0 Å². The van der Waals surface area contributed by atoms with E-state index >= 15 is 0 Å². The van der Waals surface area contributed by atoms with E-state index < -0.39 is 0 Å². The third-order valence-electron chi connectivity index (χ3n) is 4.78. The highest BCUT2D eigenvalue weighted by Crippen LogP contribution is 2.38. The molecule has 6 heteroatoms. The summed E-state index contributed by atoms with van der Waals surface area (Å²) in [5, 5.41) is 13.9. The highest BCUT2D eigenvalue weighted by molar-refractivity contribution is 6.00. The maximum Gasteiger partial charge on any atom is 0.259 e. The Morgan fingerprint density at radius 1 is 1.30 bits per heavy atom. The molecule has 2 aromatic heterocycles. The SMILES string of the molecule is Cn1ccn2ncc(C(=O)N3C[C@H]4CC(O)C[C@H]4C3)c12. The van der Waals surface area contributed by atoms with Crippen LogP contribution >= 0.6 is 0 Å². The van der Waals surface area contributed by atoms with Gasteiger partial charge in [-0.1, -0.05) is 0 Å². The van der Waals surface area contributed by atoms with Crippen LogP contribution in [0.15, 0.2) is 18.6 Å². The summed E-state index contributed by atoms with van der Waals surface area (Å²) in [5.41, 5.74) is 1.50. The summed E-state index contributed by atoms with van der Waals surface area (Å²) >= 11 is 0. The van der Waals surface area contributed by atoms with Crippen molar-refractivity contribution >= 4 is 11.6 Å². The van der Waals surface area contributed by atoms with Gasteiger partial charge in [0.05, 0.1) is 12.3 Å². The molecule has 0 spiro atoms. The highest BCUT2D eigenvalue weighted by Gasteiger charge is 2.42. The van der Waals surface area contributed by atoms with Crippen LogP contribution in [0.25, 0.3) is 5.65 Å². The first kappa shape index (κ1) is 12.0. The van der Waals surface area contributed by atoms with E-state index in [0.29, 0.717) is 17.4 Å². The minimum atomic E-state index is -0.169. The molecule has 20 heavy (non-hydrogen) atoms. The van der Waals surface area contributed by atoms with Gasteiger partial charge < -0.3 is 14.6 Å². The number of aryl methyl sites for hydroxylation is 1. The van der Waals surface area contributed by atoms with Gasteiger partial charge in [-0.2, -0.15) is 5.10 Å². The first-order chi connectivity index (χ1) is 9.63. The summed E-state index contributed by atoms with van der Waals surface area (Å²) in [6.07, 6.45) is 6.90. The number of fused-ring (bicyclic) bond motifs is 2. The zero-order chi connectivity index (χ0) is 13.9. The van der Waals surface area contributed by atoms with Gasteiger partial charge in [0.15, 0.2) is 0 Å². The Morgan fingerprint density at radius 3 is 2.70 bits per heavy atom. The zero-order valence-corrected chi connectivity index (χ0v) is 11.4. The van der Waals surface area contributed by atoms with Crippen molar-refractivity contribution in [2.24, 2.45) is 18.9 Å². The lowest BCUT2D eigenvalue weighted by atomic mass is 10.0. The number of rotatable bonds is 1. The molecule has 1 saturated carbocycles. The van der Waals surface area contributed by atoms with E-state index in [4.69, 9.17) is 0 Å². The standard InChI is InChI=1S/C14H18N4O2/c1-16-2-3-18-13(16)12(6-15-18)14(20)17-7-9-4-11(19)5-10(9)8-17/h2-3,6,9-11,19H,4-5,7-8H2,1H3/t9-,10+,11?. The molecule has 6 nitrogen and oxygen atoms in total. The summed E-state index contributed by atoms with van der Waals surface area (Å²) in [4.78, 5) is 14.6. The minimum absolute atomic E-state index is 0.0608. The van der Waals surface area contributed by atoms with Gasteiger partial charge in [-0.3, -0.25) is 4.79 Å². The molecule has 1 amide bonds. The van der Waals surface area contributed by atoms with Gasteiger partial charge >= 0.3 is 0 Å². The summed E-state index contributed by atoms with van der Waals surface area (Å²) < 4.78 is 3.65. The van der Waals surface area contributed by atoms with Crippen molar-refractivity contribution in [3.63, 3.8) is 0 Å². The van der Waals surface area contributed by atoms with E-state index in [1.807, 2.05) is 28.9 Å². The van der Waals surface area contributed by atoms with Crippen molar-refractivity contribution in [1.82, 2.24) is 19.1 Å². The summed E-state index contributed by atoms with van der Waals surface area (Å²) in [6.45, 7) is 1.53. The molecule has 1 aliphatic carbocycles. The highest BCUT2D eigenvalue weighted by atomic mass is 16.3. The van der Waals surface area contributed by atoms with Gasteiger partial charge in [0.1, 0.15) is 11.2 Å². The number of imidazole rings is 1. The van der Waals surface area contributed by atoms with Crippen LogP contribution in [0.3, 0.4) is 0 Å². The maximum atomic E-state index is 12.7. The van der Waals surface area contributed by atoms with Crippen molar-refractivity contribution in [2.45, 2.75) is 18.9 Å². The number of hydrogen-bond donors (Lipinski definition) is 1. The molecule has 1 N–H and O–H groups in total. The molecule has 3 atom stereocenters. The van der Waals surface area contributed by atoms with E-state index in [0.717, 1.165) is 31.6 Å². The molecule has 1 saturated heterocycles. The van der Waals surface area contributed by atoms with Crippen molar-refractivity contribution in [3.05, 3.63) is 24.2 Å². The lowest BCUT2D eigenvalue weighted by molar-refractivity contribution is 0.0766. The Balaban J connectivity index is 1.61. The molecule has 2 aliphatic rings. The largest absolute Gasteiger partial charge is 0.393 e. The fraction of sp³-hybridized carbons (Fsp3) is 0.571. The Labute approximate surface area is 116 Å². The van der Waals surface area contributed by atoms with Gasteiger partial charge in [-0.05, 0) is 24.7 Å². The monoisotopic (exact) mass is 274 g/mol. The molecule has 2 fully saturated rings. The van der Waals surface area contributed by atoms with Crippen molar-refractivity contribution in [2.75, 3.05) is 13.1 Å². The van der Waals surface area contributed by atoms with Gasteiger partial charge in [0, 0.05) is 32.5 Å². The molecule has 106 valence electrons. The van der Waals surface area contributed by atoms with Gasteiger partial charge in [0.2, 0.25) is 0 Å². The number of carbonyl (C=O) groups excluding carboxylic acids is 1. The predicted octanol–water partition coefficient (Wildman–Crippen LogP) is 0.516. The Morgan fingerprint density at radius 2 is 2.00 bits per heavy atom. The fourth-order valence-corrected chi connectivity index (χ4v) is 3.81. The van der Waals surface area contributed by atoms with E-state index in [2.05, 4.69) is 5.10 Å². The topological polar surface area (TPSA) is 62.8 Å². The number of likely N-dealkylation sites (tertiary alicyclic amines) is 1. The molecule has 0 aromatic carbocycles. The van der Waals surface area contributed by atoms with Crippen LogP contribution in [0.2, 0.25) is 0 Å². The summed E-state index contributed by atoms with van der Waals surface area (Å²) in [6, 6.07) is 0. The van der Waals surface area contributed by atoms with Crippen LogP contribution in [-0.4, -0.2) is 49.3 Å². The maximum absolute atomic E-state index is 12.7. The second-order valence-electron chi connectivity index (χ2n) is 6.09. The van der Waals surface area contributed by atoms with Crippen molar-refractivity contribution in [1.29, 1.82) is 0 Å². The summed E-state index contributed by atoms with van der Waals surface area (Å²) in [5.74, 6) is 0.993. The number of nitrogens with zero attached hydrogens (tertiary/aromatic N) is 4. The van der Waals surface area contributed by atoms with Gasteiger partial charge in [-0.15, -0.1) is 0 Å². The molecule has 0 bridgehead atoms. The van der Waals surface area contributed by atoms with Crippen LogP contribution in [-0.2, 0) is 7.05 Å². The van der Waals surface area contributed by atoms with E-state index in [9.17, 15) is 9.90 Å². The third kappa shape index (κ3) is 1.61. The van der Waals surface area contributed by atoms with Gasteiger partial charge in [-0.25, -0.2) is 4.52 Å². The first-order valence-corrected chi connectivity index (χ1v) is 7.09. The average Bonchev–Trinajstić information content (AvgIpc) is 3.10. The van der Waals surface area contributed by atoms with Crippen LogP contribution in [0.5, 0.6) is 0 Å². The smallest absolute Gasteiger partial charge is 0.259 e. The number of aromatic nitrogens is 3. The van der Waals surface area contributed by atoms with E-state index in [1.165, 1.54) is 0 Å². The molecular weight excluding hydrogens is 256 g/mol. The third-order valence-corrected chi connectivity index (χ3v) is 4.78. The second-order valence-corrected chi connectivity index (χ2v) is 6.09. The Bertz CT molecular complexity index is 660. The van der Waals surface area contributed by atoms with Crippen LogP contribution in [0.4, 0.5) is 0 Å². The molecule has 3 heterocycles. The average molecular weight is 274 g/mol. The van der Waals surface area contributed by atoms with Crippen molar-refractivity contribution < 1.29 is 9.90 Å². The number of hydrogen-bond acceptors (Lipinski definition) is 3. The second kappa shape index (κ2) is 4.09. The molecule has 2 aromatic rings. The van der Waals surface area contributed by atoms with Crippen molar-refractivity contribution in [3.8, 4) is 0 Å². The molecule has 1 aliphatic heterocycles. The lowest BCUT2D eigenvalue weighted by Gasteiger charge is -2.17. The Kier molecular flexibility index (Phi) is 2.44. The fourth-order valence-electron chi connectivity index (χ4n) is 3.81. The van der Waals surface area contributed by atoms with Crippen LogP contribution in [0.1, 0.15) is 23.2 Å². The predicted molar refractivity (Wildman–Crippen MR) is 72.3 cm³/mol.